The Labute approximate surface area is 367 Å². The first kappa shape index (κ1) is 52.1. The van der Waals surface area contributed by atoms with Crippen molar-refractivity contribution in [3.8, 4) is 0 Å². The molecule has 20 atom stereocenters. The maximum atomic E-state index is 14.6. The smallest absolute Gasteiger partial charge is 0.311 e. The standard InChI is InChI=1S/C44H75NO17/c1-21-19-41(11,52-16)35(61-40-34(57-28(8)46)31(45(14)15)18-22(2)54-40)23(3)33(60-32-20-42(12,53-17)37(26(6)55-32)59-30(10)48)24(4)39(49)56-27(7)38-43(13,50)36(58-29(9)47)25(5)44(21,51)62-38/h21-27,31-38,40,50-51H,18-20H2,1-17H3/t21-,22-,23+,24-,25-,26+,27+,31+,32+,33+,34-,35-,36-,37+,38-,40+,41-,42-,43+,44?/m1/s1. The Balaban J connectivity index is 1.94. The number of aliphatic hydroxyl groups is 2. The Morgan fingerprint density at radius 3 is 1.81 bits per heavy atom. The number of likely N-dealkylation sites (N-methyl/N-ethyl adjacent to an activating group) is 1. The molecule has 0 aliphatic carbocycles. The van der Waals surface area contributed by atoms with Gasteiger partial charge in [-0.15, -0.1) is 0 Å². The number of hydrogen-bond donors (Lipinski definition) is 2. The fraction of sp³-hybridized carbons (Fsp3) is 0.909. The van der Waals surface area contributed by atoms with Crippen LogP contribution >= 0.6 is 0 Å². The molecule has 4 fully saturated rings. The molecule has 0 spiro atoms. The van der Waals surface area contributed by atoms with E-state index in [4.69, 9.17) is 52.1 Å². The minimum Gasteiger partial charge on any atom is -0.459 e. The van der Waals surface area contributed by atoms with E-state index in [0.717, 1.165) is 0 Å². The van der Waals surface area contributed by atoms with E-state index in [1.165, 1.54) is 48.8 Å². The first-order valence-electron chi connectivity index (χ1n) is 21.8. The summed E-state index contributed by atoms with van der Waals surface area (Å²) in [5, 5.41) is 24.8. The van der Waals surface area contributed by atoms with Crippen molar-refractivity contribution in [3.05, 3.63) is 0 Å². The van der Waals surface area contributed by atoms with Gasteiger partial charge in [0.05, 0.1) is 47.9 Å². The van der Waals surface area contributed by atoms with Crippen LogP contribution in [0.2, 0.25) is 0 Å². The SMILES string of the molecule is CO[C@]1(C)C[C@@H](C)C2(O)O[C@H]([C@H](C)OC(=O)[C@H](C)[C@@H](O[C@H]3C[C@@](C)(OC)[C@@H](OC(C)=O)[C@H](C)O3)[C@H](C)[C@H]1O[C@@H]1O[C@H](C)C[C@H](N(C)C)[C@H]1OC(C)=O)[C@@](C)(O)[C@H](OC(C)=O)[C@H]2C. The van der Waals surface area contributed by atoms with E-state index in [9.17, 15) is 29.4 Å². The van der Waals surface area contributed by atoms with E-state index in [0.29, 0.717) is 6.42 Å². The third-order valence-corrected chi connectivity index (χ3v) is 13.8. The molecule has 18 heteroatoms. The summed E-state index contributed by atoms with van der Waals surface area (Å²) < 4.78 is 69.1. The highest BCUT2D eigenvalue weighted by Crippen LogP contribution is 2.49. The molecule has 4 aliphatic heterocycles. The molecule has 0 saturated carbocycles. The average Bonchev–Trinajstić information content (AvgIpc) is 3.16. The molecule has 0 amide bonds. The van der Waals surface area contributed by atoms with E-state index >= 15 is 0 Å². The second kappa shape index (κ2) is 19.9. The van der Waals surface area contributed by atoms with Crippen LogP contribution in [0.15, 0.2) is 0 Å². The van der Waals surface area contributed by atoms with Crippen LogP contribution in [-0.2, 0) is 71.3 Å². The minimum absolute atomic E-state index is 0.0195. The van der Waals surface area contributed by atoms with Gasteiger partial charge >= 0.3 is 23.9 Å². The lowest BCUT2D eigenvalue weighted by molar-refractivity contribution is -0.382. The Bertz CT molecular complexity index is 1580. The zero-order valence-corrected chi connectivity index (χ0v) is 39.8. The van der Waals surface area contributed by atoms with Gasteiger partial charge in [-0.1, -0.05) is 20.8 Å². The Morgan fingerprint density at radius 1 is 0.726 bits per heavy atom. The highest BCUT2D eigenvalue weighted by atomic mass is 16.7. The Kier molecular flexibility index (Phi) is 16.7. The van der Waals surface area contributed by atoms with Crippen LogP contribution in [0.4, 0.5) is 0 Å². The molecule has 1 unspecified atom stereocenters. The summed E-state index contributed by atoms with van der Waals surface area (Å²) >= 11 is 0. The molecule has 62 heavy (non-hydrogen) atoms. The van der Waals surface area contributed by atoms with Crippen molar-refractivity contribution in [1.82, 2.24) is 4.90 Å². The number of methoxy groups -OCH3 is 2. The molecule has 2 N–H and O–H groups in total. The van der Waals surface area contributed by atoms with Crippen LogP contribution in [0.25, 0.3) is 0 Å². The summed E-state index contributed by atoms with van der Waals surface area (Å²) in [7, 11) is 6.75. The third-order valence-electron chi connectivity index (χ3n) is 13.8. The van der Waals surface area contributed by atoms with Crippen LogP contribution in [0, 0.1) is 23.7 Å². The molecule has 0 aromatic heterocycles. The van der Waals surface area contributed by atoms with Gasteiger partial charge in [0.1, 0.15) is 29.5 Å². The number of esters is 4. The maximum absolute atomic E-state index is 14.6. The molecule has 4 saturated heterocycles. The molecule has 4 aliphatic rings. The van der Waals surface area contributed by atoms with Gasteiger partial charge in [0.15, 0.2) is 30.6 Å². The quantitative estimate of drug-likeness (QED) is 0.238. The van der Waals surface area contributed by atoms with Gasteiger partial charge in [-0.3, -0.25) is 19.2 Å². The van der Waals surface area contributed by atoms with Crippen molar-refractivity contribution in [2.75, 3.05) is 28.3 Å². The lowest BCUT2D eigenvalue weighted by Gasteiger charge is -2.56. The van der Waals surface area contributed by atoms with Crippen LogP contribution in [0.3, 0.4) is 0 Å². The molecule has 18 nitrogen and oxygen atoms in total. The number of carbonyl (C=O) groups is 4. The Morgan fingerprint density at radius 2 is 1.27 bits per heavy atom. The average molecular weight is 890 g/mol. The molecule has 358 valence electrons. The van der Waals surface area contributed by atoms with Crippen LogP contribution in [-0.4, -0.2) is 163 Å². The third kappa shape index (κ3) is 10.8. The summed E-state index contributed by atoms with van der Waals surface area (Å²) in [6, 6.07) is -0.318. The normalized spacial score (nSPS) is 46.9. The molecular weight excluding hydrogens is 814 g/mol. The van der Waals surface area contributed by atoms with E-state index in [1.807, 2.05) is 32.8 Å². The van der Waals surface area contributed by atoms with Crippen molar-refractivity contribution in [2.45, 2.75) is 205 Å². The van der Waals surface area contributed by atoms with Gasteiger partial charge in [-0.2, -0.15) is 0 Å². The number of fused-ring (bicyclic) bond motifs is 2. The van der Waals surface area contributed by atoms with E-state index < -0.39 is 132 Å². The van der Waals surface area contributed by atoms with Gasteiger partial charge in [0, 0.05) is 53.2 Å². The first-order valence-corrected chi connectivity index (χ1v) is 21.8. The van der Waals surface area contributed by atoms with Gasteiger partial charge in [0.25, 0.3) is 0 Å². The zero-order chi connectivity index (χ0) is 47.0. The summed E-state index contributed by atoms with van der Waals surface area (Å²) in [5.74, 6) is -8.34. The highest BCUT2D eigenvalue weighted by Gasteiger charge is 2.64. The number of hydrogen-bond acceptors (Lipinski definition) is 18. The highest BCUT2D eigenvalue weighted by molar-refractivity contribution is 5.73. The maximum Gasteiger partial charge on any atom is 0.311 e. The monoisotopic (exact) mass is 890 g/mol. The topological polar surface area (TPSA) is 214 Å². The largest absolute Gasteiger partial charge is 0.459 e. The molecular formula is C44H75NO17. The first-order chi connectivity index (χ1) is 28.6. The number of rotatable bonds is 10. The van der Waals surface area contributed by atoms with E-state index in [-0.39, 0.29) is 25.0 Å². The lowest BCUT2D eigenvalue weighted by Crippen LogP contribution is -2.71. The second-order valence-electron chi connectivity index (χ2n) is 19.1. The molecule has 4 rings (SSSR count). The summed E-state index contributed by atoms with van der Waals surface area (Å²) in [5.41, 5.74) is -4.39. The predicted molar refractivity (Wildman–Crippen MR) is 220 cm³/mol. The van der Waals surface area contributed by atoms with Crippen LogP contribution in [0.5, 0.6) is 0 Å². The van der Waals surface area contributed by atoms with Crippen LogP contribution < -0.4 is 0 Å². The summed E-state index contributed by atoms with van der Waals surface area (Å²) in [6.45, 7) is 20.8. The number of carbonyl (C=O) groups excluding carboxylic acids is 4. The fourth-order valence-electron chi connectivity index (χ4n) is 10.4. The van der Waals surface area contributed by atoms with Crippen molar-refractivity contribution in [1.29, 1.82) is 0 Å². The summed E-state index contributed by atoms with van der Waals surface area (Å²) in [6.07, 6.45) is -10.3. The molecule has 0 radical (unpaired) electrons. The van der Waals surface area contributed by atoms with Crippen molar-refractivity contribution in [2.24, 2.45) is 23.7 Å². The van der Waals surface area contributed by atoms with E-state index in [2.05, 4.69) is 0 Å². The van der Waals surface area contributed by atoms with Gasteiger partial charge in [0.2, 0.25) is 0 Å². The molecule has 2 bridgehead atoms. The number of cyclic esters (lactones) is 1. The molecule has 0 aromatic carbocycles. The summed E-state index contributed by atoms with van der Waals surface area (Å²) in [4.78, 5) is 53.9. The van der Waals surface area contributed by atoms with Gasteiger partial charge in [-0.05, 0) is 75.4 Å². The van der Waals surface area contributed by atoms with Crippen LogP contribution in [0.1, 0.15) is 109 Å². The number of nitrogens with zero attached hydrogens (tertiary/aromatic N) is 1. The second-order valence-corrected chi connectivity index (χ2v) is 19.1. The lowest BCUT2D eigenvalue weighted by atomic mass is 9.69. The molecule has 4 heterocycles. The van der Waals surface area contributed by atoms with Crippen molar-refractivity contribution < 1.29 is 81.5 Å². The number of ether oxygens (including phenoxy) is 11. The fourth-order valence-corrected chi connectivity index (χ4v) is 10.4. The Hall–Kier alpha value is -2.52. The van der Waals surface area contributed by atoms with Gasteiger partial charge in [-0.25, -0.2) is 0 Å². The predicted octanol–water partition coefficient (Wildman–Crippen LogP) is 3.28. The zero-order valence-electron chi connectivity index (χ0n) is 39.8. The van der Waals surface area contributed by atoms with Gasteiger partial charge < -0.3 is 67.2 Å². The van der Waals surface area contributed by atoms with Crippen molar-refractivity contribution in [3.63, 3.8) is 0 Å². The minimum atomic E-state index is -2.10. The van der Waals surface area contributed by atoms with Crippen molar-refractivity contribution >= 4 is 23.9 Å². The van der Waals surface area contributed by atoms with E-state index in [1.54, 1.807) is 41.5 Å². The molecule has 0 aromatic rings.